The first-order valence-corrected chi connectivity index (χ1v) is 6.89. The van der Waals surface area contributed by atoms with Crippen LogP contribution in [-0.4, -0.2) is 97.3 Å². The van der Waals surface area contributed by atoms with Gasteiger partial charge in [0.15, 0.2) is 6.29 Å². The van der Waals surface area contributed by atoms with E-state index >= 15 is 0 Å². The molecule has 1 rings (SSSR count). The van der Waals surface area contributed by atoms with Crippen molar-refractivity contribution in [2.75, 3.05) is 46.2 Å². The molecule has 1 saturated heterocycles. The van der Waals surface area contributed by atoms with Crippen LogP contribution in [0.2, 0.25) is 0 Å². The smallest absolute Gasteiger partial charge is 0.186 e. The lowest BCUT2D eigenvalue weighted by molar-refractivity contribution is -0.302. The zero-order chi connectivity index (χ0) is 15.7. The average molecular weight is 311 g/mol. The highest BCUT2D eigenvalue weighted by Crippen LogP contribution is 2.21. The summed E-state index contributed by atoms with van der Waals surface area (Å²) in [4.78, 5) is 0. The Morgan fingerprint density at radius 3 is 2.10 bits per heavy atom. The van der Waals surface area contributed by atoms with Gasteiger partial charge < -0.3 is 45.1 Å². The zero-order valence-electron chi connectivity index (χ0n) is 11.8. The van der Waals surface area contributed by atoms with Gasteiger partial charge in [0.2, 0.25) is 0 Å². The van der Waals surface area contributed by atoms with Gasteiger partial charge in [0.05, 0.1) is 39.6 Å². The number of hydrogen-bond acceptors (Lipinski definition) is 9. The lowest BCUT2D eigenvalue weighted by atomic mass is 9.99. The molecule has 1 heterocycles. The number of ether oxygens (including phenoxy) is 4. The largest absolute Gasteiger partial charge is 0.394 e. The molecule has 2 unspecified atom stereocenters. The van der Waals surface area contributed by atoms with Gasteiger partial charge in [-0.15, -0.1) is 0 Å². The Labute approximate surface area is 123 Å². The summed E-state index contributed by atoms with van der Waals surface area (Å²) in [6.07, 6.45) is -6.32. The predicted octanol–water partition coefficient (Wildman–Crippen LogP) is -3.21. The zero-order valence-corrected chi connectivity index (χ0v) is 11.8. The van der Waals surface area contributed by atoms with Crippen LogP contribution in [0.25, 0.3) is 0 Å². The molecular weight excluding hydrogens is 286 g/mol. The van der Waals surface area contributed by atoms with Crippen molar-refractivity contribution in [3.05, 3.63) is 0 Å². The molecule has 0 aromatic rings. The number of nitrogens with two attached hydrogens (primary N) is 1. The van der Waals surface area contributed by atoms with Crippen LogP contribution in [0.15, 0.2) is 0 Å². The van der Waals surface area contributed by atoms with Crippen molar-refractivity contribution < 1.29 is 39.4 Å². The van der Waals surface area contributed by atoms with Crippen LogP contribution in [0.5, 0.6) is 0 Å². The standard InChI is InChI=1S/C12H25NO8/c13-1-2-18-3-4-19-5-6-20-12-11(17)10(16)9(15)8(7-14)21-12/h8-12,14-17H,1-7,13H2/t8?,9-,10?,11-,12+/m1/s1. The Kier molecular flexibility index (Phi) is 9.24. The fourth-order valence-electron chi connectivity index (χ4n) is 1.83. The maximum absolute atomic E-state index is 9.71. The molecule has 0 bridgehead atoms. The van der Waals surface area contributed by atoms with Gasteiger partial charge in [0, 0.05) is 6.54 Å². The molecule has 1 aliphatic rings. The molecule has 0 aromatic heterocycles. The number of aliphatic hydroxyl groups excluding tert-OH is 4. The van der Waals surface area contributed by atoms with E-state index in [4.69, 9.17) is 29.8 Å². The Hall–Kier alpha value is -0.360. The molecule has 0 radical (unpaired) electrons. The Morgan fingerprint density at radius 1 is 0.857 bits per heavy atom. The van der Waals surface area contributed by atoms with Crippen molar-refractivity contribution in [1.29, 1.82) is 0 Å². The summed E-state index contributed by atoms with van der Waals surface area (Å²) in [5.74, 6) is 0. The molecule has 21 heavy (non-hydrogen) atoms. The molecule has 0 saturated carbocycles. The van der Waals surface area contributed by atoms with E-state index in [-0.39, 0.29) is 13.2 Å². The molecule has 1 aliphatic heterocycles. The molecule has 0 spiro atoms. The lowest BCUT2D eigenvalue weighted by Gasteiger charge is -2.39. The first-order valence-electron chi connectivity index (χ1n) is 6.89. The van der Waals surface area contributed by atoms with Crippen molar-refractivity contribution in [2.45, 2.75) is 30.7 Å². The topological polar surface area (TPSA) is 144 Å². The van der Waals surface area contributed by atoms with E-state index in [1.165, 1.54) is 0 Å². The van der Waals surface area contributed by atoms with Gasteiger partial charge in [-0.3, -0.25) is 0 Å². The fourth-order valence-corrected chi connectivity index (χ4v) is 1.83. The van der Waals surface area contributed by atoms with E-state index in [2.05, 4.69) is 0 Å². The van der Waals surface area contributed by atoms with Crippen molar-refractivity contribution in [3.8, 4) is 0 Å². The van der Waals surface area contributed by atoms with Crippen LogP contribution in [0.1, 0.15) is 0 Å². The van der Waals surface area contributed by atoms with Crippen LogP contribution < -0.4 is 5.73 Å². The third kappa shape index (κ3) is 6.10. The van der Waals surface area contributed by atoms with E-state index in [0.29, 0.717) is 26.4 Å². The van der Waals surface area contributed by atoms with Gasteiger partial charge in [-0.25, -0.2) is 0 Å². The Bertz CT molecular complexity index is 268. The Morgan fingerprint density at radius 2 is 1.48 bits per heavy atom. The lowest BCUT2D eigenvalue weighted by Crippen LogP contribution is -2.59. The number of hydrogen-bond donors (Lipinski definition) is 5. The monoisotopic (exact) mass is 311 g/mol. The van der Waals surface area contributed by atoms with E-state index in [9.17, 15) is 15.3 Å². The second kappa shape index (κ2) is 10.4. The second-order valence-electron chi connectivity index (χ2n) is 4.58. The molecule has 1 fully saturated rings. The fraction of sp³-hybridized carbons (Fsp3) is 1.00. The second-order valence-corrected chi connectivity index (χ2v) is 4.58. The molecular formula is C12H25NO8. The van der Waals surface area contributed by atoms with Crippen molar-refractivity contribution in [2.24, 2.45) is 5.73 Å². The Balaban J connectivity index is 2.16. The summed E-state index contributed by atoms with van der Waals surface area (Å²) in [7, 11) is 0. The van der Waals surface area contributed by atoms with Gasteiger partial charge in [-0.05, 0) is 0 Å². The third-order valence-corrected chi connectivity index (χ3v) is 2.99. The van der Waals surface area contributed by atoms with Gasteiger partial charge in [0.1, 0.15) is 24.4 Å². The average Bonchev–Trinajstić information content (AvgIpc) is 2.49. The van der Waals surface area contributed by atoms with Gasteiger partial charge in [-0.2, -0.15) is 0 Å². The summed E-state index contributed by atoms with van der Waals surface area (Å²) < 4.78 is 20.7. The summed E-state index contributed by atoms with van der Waals surface area (Å²) in [5.41, 5.74) is 5.25. The van der Waals surface area contributed by atoms with E-state index in [1.807, 2.05) is 0 Å². The summed E-state index contributed by atoms with van der Waals surface area (Å²) in [6, 6.07) is 0. The quantitative estimate of drug-likeness (QED) is 0.263. The highest BCUT2D eigenvalue weighted by Gasteiger charge is 2.43. The molecule has 0 aliphatic carbocycles. The molecule has 0 amide bonds. The first-order chi connectivity index (χ1) is 10.1. The molecule has 6 N–H and O–H groups in total. The van der Waals surface area contributed by atoms with Crippen LogP contribution in [0.3, 0.4) is 0 Å². The van der Waals surface area contributed by atoms with Crippen molar-refractivity contribution in [3.63, 3.8) is 0 Å². The number of aliphatic hydroxyl groups is 4. The van der Waals surface area contributed by atoms with E-state index in [0.717, 1.165) is 0 Å². The third-order valence-electron chi connectivity index (χ3n) is 2.99. The summed E-state index contributed by atoms with van der Waals surface area (Å²) in [5, 5.41) is 37.9. The summed E-state index contributed by atoms with van der Waals surface area (Å²) >= 11 is 0. The van der Waals surface area contributed by atoms with Crippen molar-refractivity contribution in [1.82, 2.24) is 0 Å². The first kappa shape index (κ1) is 18.7. The summed E-state index contributed by atoms with van der Waals surface area (Å²) in [6.45, 7) is 1.64. The normalized spacial score (nSPS) is 33.3. The van der Waals surface area contributed by atoms with Gasteiger partial charge in [0.25, 0.3) is 0 Å². The highest BCUT2D eigenvalue weighted by atomic mass is 16.7. The molecule has 5 atom stereocenters. The van der Waals surface area contributed by atoms with Gasteiger partial charge in [-0.1, -0.05) is 0 Å². The maximum Gasteiger partial charge on any atom is 0.186 e. The number of rotatable bonds is 10. The van der Waals surface area contributed by atoms with Crippen LogP contribution in [-0.2, 0) is 18.9 Å². The molecule has 0 aromatic carbocycles. The molecule has 9 nitrogen and oxygen atoms in total. The minimum atomic E-state index is -1.44. The highest BCUT2D eigenvalue weighted by molar-refractivity contribution is 4.88. The maximum atomic E-state index is 9.71. The molecule has 126 valence electrons. The van der Waals surface area contributed by atoms with Crippen LogP contribution in [0, 0.1) is 0 Å². The predicted molar refractivity (Wildman–Crippen MR) is 70.4 cm³/mol. The van der Waals surface area contributed by atoms with Crippen LogP contribution >= 0.6 is 0 Å². The van der Waals surface area contributed by atoms with Crippen molar-refractivity contribution >= 4 is 0 Å². The van der Waals surface area contributed by atoms with Gasteiger partial charge >= 0.3 is 0 Å². The SMILES string of the molecule is NCCOCCOCCO[C@H]1OC(CO)[C@@H](O)C(O)[C@H]1O. The minimum absolute atomic E-state index is 0.125. The minimum Gasteiger partial charge on any atom is -0.394 e. The molecule has 9 heteroatoms. The van der Waals surface area contributed by atoms with Crippen LogP contribution in [0.4, 0.5) is 0 Å². The van der Waals surface area contributed by atoms with E-state index in [1.54, 1.807) is 0 Å². The van der Waals surface area contributed by atoms with E-state index < -0.39 is 37.3 Å².